The first kappa shape index (κ1) is 28.4. The number of carbonyl (C=O) groups is 3. The second kappa shape index (κ2) is 13.9. The lowest BCUT2D eigenvalue weighted by atomic mass is 10.0. The molecule has 0 spiro atoms. The van der Waals surface area contributed by atoms with E-state index in [4.69, 9.17) is 9.47 Å². The molecule has 2 N–H and O–H groups in total. The fraction of sp³-hybridized carbons (Fsp3) is 0.333. The van der Waals surface area contributed by atoms with E-state index in [1.807, 2.05) is 60.7 Å². The second-order valence-electron chi connectivity index (χ2n) is 9.94. The molecule has 0 bridgehead atoms. The number of rotatable bonds is 11. The van der Waals surface area contributed by atoms with Gasteiger partial charge in [-0.05, 0) is 62.4 Å². The van der Waals surface area contributed by atoms with E-state index >= 15 is 0 Å². The molecule has 1 heterocycles. The minimum Gasteiger partial charge on any atom is -0.459 e. The van der Waals surface area contributed by atoms with Crippen LogP contribution in [0.2, 0.25) is 0 Å². The Hall–Kier alpha value is -4.20. The maximum absolute atomic E-state index is 13.4. The summed E-state index contributed by atoms with van der Waals surface area (Å²) in [5.41, 5.74) is 1.94. The third-order valence-corrected chi connectivity index (χ3v) is 5.59. The van der Waals surface area contributed by atoms with Gasteiger partial charge in [0.15, 0.2) is 0 Å². The van der Waals surface area contributed by atoms with E-state index in [2.05, 4.69) is 15.6 Å². The third-order valence-electron chi connectivity index (χ3n) is 5.59. The predicted octanol–water partition coefficient (Wildman–Crippen LogP) is 4.38. The lowest BCUT2D eigenvalue weighted by molar-refractivity contribution is -0.149. The molecule has 2 amide bonds. The molecule has 8 heteroatoms. The lowest BCUT2D eigenvalue weighted by Crippen LogP contribution is -2.53. The van der Waals surface area contributed by atoms with Crippen LogP contribution in [0, 0.1) is 0 Å². The molecule has 0 saturated carbocycles. The molecule has 0 unspecified atom stereocenters. The van der Waals surface area contributed by atoms with Gasteiger partial charge in [0.05, 0.1) is 0 Å². The summed E-state index contributed by atoms with van der Waals surface area (Å²) in [6.07, 6.45) is 3.60. The van der Waals surface area contributed by atoms with Crippen molar-refractivity contribution in [2.75, 3.05) is 0 Å². The van der Waals surface area contributed by atoms with Crippen molar-refractivity contribution in [3.8, 4) is 0 Å². The Labute approximate surface area is 223 Å². The van der Waals surface area contributed by atoms with E-state index in [1.54, 1.807) is 45.3 Å². The lowest BCUT2D eigenvalue weighted by Gasteiger charge is -2.25. The number of nitrogens with zero attached hydrogens (tertiary/aromatic N) is 1. The number of ether oxygens (including phenoxy) is 2. The Morgan fingerprint density at radius 3 is 2.00 bits per heavy atom. The zero-order valence-corrected chi connectivity index (χ0v) is 22.1. The van der Waals surface area contributed by atoms with Gasteiger partial charge in [-0.2, -0.15) is 0 Å². The van der Waals surface area contributed by atoms with Crippen LogP contribution in [0.4, 0.5) is 4.79 Å². The van der Waals surface area contributed by atoms with Crippen LogP contribution >= 0.6 is 0 Å². The zero-order valence-electron chi connectivity index (χ0n) is 22.1. The first-order valence-electron chi connectivity index (χ1n) is 12.6. The molecule has 0 aliphatic rings. The molecule has 0 aliphatic heterocycles. The summed E-state index contributed by atoms with van der Waals surface area (Å²) in [7, 11) is 0. The summed E-state index contributed by atoms with van der Waals surface area (Å²) in [5.74, 6) is -1.07. The van der Waals surface area contributed by atoms with Crippen LogP contribution in [0.15, 0.2) is 85.2 Å². The highest BCUT2D eigenvalue weighted by atomic mass is 16.6. The number of nitrogens with one attached hydrogen (secondary N) is 2. The van der Waals surface area contributed by atoms with Crippen LogP contribution in [0.25, 0.3) is 0 Å². The Balaban J connectivity index is 1.74. The minimum atomic E-state index is -0.965. The van der Waals surface area contributed by atoms with Gasteiger partial charge >= 0.3 is 12.1 Å². The highest BCUT2D eigenvalue weighted by molar-refractivity contribution is 5.89. The van der Waals surface area contributed by atoms with Crippen LogP contribution in [-0.2, 0) is 38.5 Å². The molecule has 0 saturated heterocycles. The summed E-state index contributed by atoms with van der Waals surface area (Å²) in [4.78, 5) is 43.1. The van der Waals surface area contributed by atoms with Crippen molar-refractivity contribution < 1.29 is 23.9 Å². The van der Waals surface area contributed by atoms with Crippen molar-refractivity contribution in [2.45, 2.75) is 64.3 Å². The molecular formula is C30H35N3O5. The second-order valence-corrected chi connectivity index (χ2v) is 9.94. The largest absolute Gasteiger partial charge is 0.459 e. The standard InChI is InChI=1S/C30H35N3O5/c1-30(2,3)38-29(36)33-25(15-14-22-10-6-4-7-11-22)27(34)32-26(20-23-16-18-31-19-17-23)28(35)37-21-24-12-8-5-9-13-24/h4-13,16-19,25-26H,14-15,20-21H2,1-3H3,(H,32,34)(H,33,36)/t25-,26-/m0/s1. The molecule has 3 rings (SSSR count). The van der Waals surface area contributed by atoms with Gasteiger partial charge in [0.2, 0.25) is 5.91 Å². The molecule has 38 heavy (non-hydrogen) atoms. The van der Waals surface area contributed by atoms with E-state index in [0.29, 0.717) is 12.8 Å². The highest BCUT2D eigenvalue weighted by Crippen LogP contribution is 2.11. The van der Waals surface area contributed by atoms with Crippen LogP contribution < -0.4 is 10.6 Å². The minimum absolute atomic E-state index is 0.0793. The van der Waals surface area contributed by atoms with E-state index in [0.717, 1.165) is 16.7 Å². The van der Waals surface area contributed by atoms with Crippen molar-refractivity contribution in [1.29, 1.82) is 0 Å². The SMILES string of the molecule is CC(C)(C)OC(=O)N[C@@H](CCc1ccccc1)C(=O)N[C@@H](Cc1ccncc1)C(=O)OCc1ccccc1. The Morgan fingerprint density at radius 2 is 1.39 bits per heavy atom. The third kappa shape index (κ3) is 10.0. The van der Waals surface area contributed by atoms with Gasteiger partial charge in [-0.3, -0.25) is 9.78 Å². The zero-order chi connectivity index (χ0) is 27.4. The summed E-state index contributed by atoms with van der Waals surface area (Å²) in [6.45, 7) is 5.33. The predicted molar refractivity (Wildman–Crippen MR) is 144 cm³/mol. The number of esters is 1. The van der Waals surface area contributed by atoms with E-state index < -0.39 is 35.7 Å². The number of alkyl carbamates (subject to hydrolysis) is 1. The fourth-order valence-electron chi connectivity index (χ4n) is 3.72. The highest BCUT2D eigenvalue weighted by Gasteiger charge is 2.29. The molecule has 2 aromatic carbocycles. The monoisotopic (exact) mass is 517 g/mol. The summed E-state index contributed by atoms with van der Waals surface area (Å²) >= 11 is 0. The van der Waals surface area contributed by atoms with Crippen molar-refractivity contribution in [3.05, 3.63) is 102 Å². The molecule has 8 nitrogen and oxygen atoms in total. The van der Waals surface area contributed by atoms with Crippen LogP contribution in [0.1, 0.15) is 43.9 Å². The summed E-state index contributed by atoms with van der Waals surface area (Å²) in [6, 6.07) is 20.6. The van der Waals surface area contributed by atoms with E-state index in [-0.39, 0.29) is 13.0 Å². The number of hydrogen-bond donors (Lipinski definition) is 2. The number of amides is 2. The molecule has 1 aromatic heterocycles. The molecule has 0 aliphatic carbocycles. The van der Waals surface area contributed by atoms with Gasteiger partial charge in [-0.15, -0.1) is 0 Å². The first-order valence-corrected chi connectivity index (χ1v) is 12.6. The van der Waals surface area contributed by atoms with Gasteiger partial charge in [0.1, 0.15) is 24.3 Å². The van der Waals surface area contributed by atoms with Crippen molar-refractivity contribution in [2.24, 2.45) is 0 Å². The smallest absolute Gasteiger partial charge is 0.408 e. The fourth-order valence-corrected chi connectivity index (χ4v) is 3.72. The number of pyridine rings is 1. The molecule has 200 valence electrons. The van der Waals surface area contributed by atoms with E-state index in [1.165, 1.54) is 0 Å². The average molecular weight is 518 g/mol. The van der Waals surface area contributed by atoms with Crippen LogP contribution in [0.3, 0.4) is 0 Å². The molecule has 0 radical (unpaired) electrons. The molecular weight excluding hydrogens is 482 g/mol. The Bertz CT molecular complexity index is 1160. The van der Waals surface area contributed by atoms with Gasteiger partial charge in [0, 0.05) is 18.8 Å². The van der Waals surface area contributed by atoms with Crippen molar-refractivity contribution in [3.63, 3.8) is 0 Å². The number of aromatic nitrogens is 1. The summed E-state index contributed by atoms with van der Waals surface area (Å²) in [5, 5.41) is 5.48. The normalized spacial score (nSPS) is 12.6. The van der Waals surface area contributed by atoms with Gasteiger partial charge in [0.25, 0.3) is 0 Å². The number of benzene rings is 2. The average Bonchev–Trinajstić information content (AvgIpc) is 2.90. The maximum Gasteiger partial charge on any atom is 0.408 e. The topological polar surface area (TPSA) is 107 Å². The number of hydrogen-bond acceptors (Lipinski definition) is 6. The Kier molecular flexibility index (Phi) is 10.4. The molecule has 3 aromatic rings. The van der Waals surface area contributed by atoms with Crippen molar-refractivity contribution in [1.82, 2.24) is 15.6 Å². The first-order chi connectivity index (χ1) is 18.2. The molecule has 2 atom stereocenters. The van der Waals surface area contributed by atoms with E-state index in [9.17, 15) is 14.4 Å². The quantitative estimate of drug-likeness (QED) is 0.366. The van der Waals surface area contributed by atoms with Crippen molar-refractivity contribution >= 4 is 18.0 Å². The van der Waals surface area contributed by atoms with Crippen LogP contribution in [0.5, 0.6) is 0 Å². The summed E-state index contributed by atoms with van der Waals surface area (Å²) < 4.78 is 10.9. The van der Waals surface area contributed by atoms with Crippen LogP contribution in [-0.4, -0.2) is 40.6 Å². The van der Waals surface area contributed by atoms with Gasteiger partial charge in [-0.25, -0.2) is 9.59 Å². The number of carbonyl (C=O) groups excluding carboxylic acids is 3. The van der Waals surface area contributed by atoms with Gasteiger partial charge in [-0.1, -0.05) is 60.7 Å². The maximum atomic E-state index is 13.4. The van der Waals surface area contributed by atoms with Gasteiger partial charge < -0.3 is 20.1 Å². The molecule has 0 fully saturated rings. The number of aryl methyl sites for hydroxylation is 1. The Morgan fingerprint density at radius 1 is 0.789 bits per heavy atom.